The van der Waals surface area contributed by atoms with Crippen LogP contribution in [0.4, 0.5) is 4.79 Å². The Balaban J connectivity index is 1.61. The van der Waals surface area contributed by atoms with E-state index in [1.54, 1.807) is 0 Å². The van der Waals surface area contributed by atoms with E-state index in [1.807, 2.05) is 60.4 Å². The number of likely N-dealkylation sites (tertiary alicyclic amines) is 1. The van der Waals surface area contributed by atoms with E-state index in [0.717, 1.165) is 43.4 Å². The lowest BCUT2D eigenvalue weighted by Crippen LogP contribution is -2.49. The Hall–Kier alpha value is -3.10. The summed E-state index contributed by atoms with van der Waals surface area (Å²) in [7, 11) is 1.33. The van der Waals surface area contributed by atoms with Gasteiger partial charge in [0.25, 0.3) is 0 Å². The van der Waals surface area contributed by atoms with E-state index in [-0.39, 0.29) is 23.8 Å². The number of hydrogen-bond donors (Lipinski definition) is 3. The highest BCUT2D eigenvalue weighted by Gasteiger charge is 2.44. The fourth-order valence-electron chi connectivity index (χ4n) is 5.95. The number of carbonyl (C=O) groups excluding carboxylic acids is 2. The summed E-state index contributed by atoms with van der Waals surface area (Å²) in [6.07, 6.45) is 4.48. The van der Waals surface area contributed by atoms with Gasteiger partial charge < -0.3 is 30.5 Å². The van der Waals surface area contributed by atoms with Crippen LogP contribution in [-0.4, -0.2) is 54.8 Å². The lowest BCUT2D eigenvalue weighted by atomic mass is 9.73. The number of nitrogens with one attached hydrogen (secondary N) is 1. The first-order valence-electron chi connectivity index (χ1n) is 13.7. The van der Waals surface area contributed by atoms with Crippen LogP contribution in [0.5, 0.6) is 11.5 Å². The number of benzene rings is 2. The maximum absolute atomic E-state index is 13.4. The summed E-state index contributed by atoms with van der Waals surface area (Å²) in [6, 6.07) is 15.5. The fraction of sp³-hybridized carbons (Fsp3) is 0.533. The molecule has 2 aromatic rings. The highest BCUT2D eigenvalue weighted by molar-refractivity contribution is 5.79. The van der Waals surface area contributed by atoms with E-state index < -0.39 is 11.7 Å². The molecule has 1 heterocycles. The molecule has 2 amide bonds. The molecule has 1 unspecified atom stereocenters. The summed E-state index contributed by atoms with van der Waals surface area (Å²) in [5.41, 5.74) is 6.52. The lowest BCUT2D eigenvalue weighted by molar-refractivity contribution is -0.141. The molecule has 4 N–H and O–H groups in total. The number of methoxy groups -OCH3 is 1. The zero-order valence-electron chi connectivity index (χ0n) is 22.5. The molecule has 8 heteroatoms. The van der Waals surface area contributed by atoms with Gasteiger partial charge in [0.2, 0.25) is 5.91 Å². The molecule has 0 bridgehead atoms. The second-order valence-electron chi connectivity index (χ2n) is 10.7. The van der Waals surface area contributed by atoms with Crippen molar-refractivity contribution in [1.82, 2.24) is 10.2 Å². The summed E-state index contributed by atoms with van der Waals surface area (Å²) in [5.74, 6) is 1.26. The Labute approximate surface area is 225 Å². The van der Waals surface area contributed by atoms with Crippen LogP contribution in [0, 0.1) is 18.8 Å². The molecule has 0 spiro atoms. The summed E-state index contributed by atoms with van der Waals surface area (Å²) in [4.78, 5) is 26.9. The second kappa shape index (κ2) is 12.6. The number of alkyl carbamates (subject to hydrolysis) is 1. The van der Waals surface area contributed by atoms with Gasteiger partial charge in [0.15, 0.2) is 0 Å². The number of hydrogen-bond acceptors (Lipinski definition) is 6. The Morgan fingerprint density at radius 3 is 2.55 bits per heavy atom. The maximum Gasteiger partial charge on any atom is 0.406 e. The van der Waals surface area contributed by atoms with Crippen LogP contribution >= 0.6 is 0 Å². The molecule has 1 aliphatic heterocycles. The molecule has 1 saturated carbocycles. The molecular formula is C30H41N3O5. The van der Waals surface area contributed by atoms with Crippen LogP contribution < -0.4 is 15.8 Å². The minimum atomic E-state index is -1.26. The van der Waals surface area contributed by atoms with Crippen molar-refractivity contribution in [3.63, 3.8) is 0 Å². The number of aryl methyl sites for hydroxylation is 1. The van der Waals surface area contributed by atoms with Gasteiger partial charge in [0, 0.05) is 43.1 Å². The summed E-state index contributed by atoms with van der Waals surface area (Å²) < 4.78 is 11.1. The smallest absolute Gasteiger partial charge is 0.406 e. The van der Waals surface area contributed by atoms with Crippen molar-refractivity contribution < 1.29 is 24.2 Å². The molecule has 8 nitrogen and oxygen atoms in total. The van der Waals surface area contributed by atoms with Gasteiger partial charge in [-0.05, 0) is 69.6 Å². The Morgan fingerprint density at radius 1 is 1.11 bits per heavy atom. The topological polar surface area (TPSA) is 114 Å². The van der Waals surface area contributed by atoms with Crippen molar-refractivity contribution in [1.29, 1.82) is 0 Å². The third-order valence-electron chi connectivity index (χ3n) is 8.09. The summed E-state index contributed by atoms with van der Waals surface area (Å²) >= 11 is 0. The molecule has 2 fully saturated rings. The Bertz CT molecular complexity index is 1110. The highest BCUT2D eigenvalue weighted by atomic mass is 16.5. The number of piperidine rings is 1. The number of nitrogens with zero attached hydrogens (tertiary/aromatic N) is 1. The first-order chi connectivity index (χ1) is 18.3. The number of para-hydroxylation sites is 2. The van der Waals surface area contributed by atoms with Crippen LogP contribution in [0.2, 0.25) is 0 Å². The van der Waals surface area contributed by atoms with E-state index in [9.17, 15) is 14.7 Å². The van der Waals surface area contributed by atoms with Crippen LogP contribution in [0.15, 0.2) is 48.5 Å². The number of amides is 2. The zero-order chi connectivity index (χ0) is 27.1. The number of nitrogens with two attached hydrogens (primary N) is 1. The molecule has 0 radical (unpaired) electrons. The standard InChI is InChI=1S/C30H41N3O5/c1-21-9-3-5-12-26(21)38-27-13-6-4-11-25(27)30(36,16-8-17-32-29(35)37-2)23-10-7-18-33(20-23)28(34)22-14-15-24(31)19-22/h3-6,9,11-13,22-24,36H,7-8,10,14-20,31H2,1-2H3,(H,32,35)/t22-,23-,24+,30?/m1/s1. The average Bonchev–Trinajstić information content (AvgIpc) is 3.38. The van der Waals surface area contributed by atoms with Crippen LogP contribution in [-0.2, 0) is 15.1 Å². The van der Waals surface area contributed by atoms with Gasteiger partial charge in [0.05, 0.1) is 12.7 Å². The quantitative estimate of drug-likeness (QED) is 0.418. The second-order valence-corrected chi connectivity index (χ2v) is 10.7. The van der Waals surface area contributed by atoms with Gasteiger partial charge in [-0.1, -0.05) is 36.4 Å². The van der Waals surface area contributed by atoms with Gasteiger partial charge in [-0.25, -0.2) is 4.79 Å². The Kier molecular flexibility index (Phi) is 9.28. The van der Waals surface area contributed by atoms with E-state index in [2.05, 4.69) is 5.32 Å². The predicted octanol–water partition coefficient (Wildman–Crippen LogP) is 4.48. The Morgan fingerprint density at radius 2 is 1.84 bits per heavy atom. The van der Waals surface area contributed by atoms with E-state index in [4.69, 9.17) is 15.2 Å². The minimum absolute atomic E-state index is 0.0298. The van der Waals surface area contributed by atoms with Gasteiger partial charge >= 0.3 is 6.09 Å². The van der Waals surface area contributed by atoms with Crippen molar-refractivity contribution >= 4 is 12.0 Å². The number of aliphatic hydroxyl groups is 1. The summed E-state index contributed by atoms with van der Waals surface area (Å²) in [6.45, 7) is 3.53. The van der Waals surface area contributed by atoms with Crippen LogP contribution in [0.1, 0.15) is 56.1 Å². The van der Waals surface area contributed by atoms with E-state index >= 15 is 0 Å². The monoisotopic (exact) mass is 523 g/mol. The van der Waals surface area contributed by atoms with Crippen molar-refractivity contribution in [2.24, 2.45) is 17.6 Å². The number of carbonyl (C=O) groups is 2. The van der Waals surface area contributed by atoms with Crippen LogP contribution in [0.25, 0.3) is 0 Å². The lowest BCUT2D eigenvalue weighted by Gasteiger charge is -2.44. The normalized spacial score (nSPS) is 22.9. The third kappa shape index (κ3) is 6.48. The molecule has 206 valence electrons. The molecule has 0 aromatic heterocycles. The predicted molar refractivity (Wildman–Crippen MR) is 146 cm³/mol. The van der Waals surface area contributed by atoms with E-state index in [1.165, 1.54) is 7.11 Å². The minimum Gasteiger partial charge on any atom is -0.457 e. The third-order valence-corrected chi connectivity index (χ3v) is 8.09. The van der Waals surface area contributed by atoms with Gasteiger partial charge in [-0.3, -0.25) is 4.79 Å². The van der Waals surface area contributed by atoms with Crippen molar-refractivity contribution in [2.75, 3.05) is 26.7 Å². The molecule has 1 aliphatic carbocycles. The fourth-order valence-corrected chi connectivity index (χ4v) is 5.95. The molecule has 2 aromatic carbocycles. The molecule has 4 rings (SSSR count). The largest absolute Gasteiger partial charge is 0.457 e. The van der Waals surface area contributed by atoms with Crippen molar-refractivity contribution in [2.45, 2.75) is 63.5 Å². The first kappa shape index (κ1) is 27.9. The molecule has 38 heavy (non-hydrogen) atoms. The zero-order valence-corrected chi connectivity index (χ0v) is 22.5. The van der Waals surface area contributed by atoms with Crippen LogP contribution in [0.3, 0.4) is 0 Å². The van der Waals surface area contributed by atoms with Gasteiger partial charge in [0.1, 0.15) is 11.5 Å². The van der Waals surface area contributed by atoms with Gasteiger partial charge in [-0.2, -0.15) is 0 Å². The van der Waals surface area contributed by atoms with Crippen molar-refractivity contribution in [3.05, 3.63) is 59.7 Å². The highest BCUT2D eigenvalue weighted by Crippen LogP contribution is 2.44. The van der Waals surface area contributed by atoms with E-state index in [0.29, 0.717) is 43.8 Å². The van der Waals surface area contributed by atoms with Gasteiger partial charge in [-0.15, -0.1) is 0 Å². The molecule has 4 atom stereocenters. The van der Waals surface area contributed by atoms with Crippen molar-refractivity contribution in [3.8, 4) is 11.5 Å². The first-order valence-corrected chi connectivity index (χ1v) is 13.7. The number of rotatable bonds is 9. The molecule has 2 aliphatic rings. The number of ether oxygens (including phenoxy) is 2. The maximum atomic E-state index is 13.4. The SMILES string of the molecule is COC(=O)NCCCC(O)(c1ccccc1Oc1ccccc1C)[C@@H]1CCCN(C(=O)[C@@H]2CC[C@H](N)C2)C1. The summed E-state index contributed by atoms with van der Waals surface area (Å²) in [5, 5.41) is 15.2. The average molecular weight is 524 g/mol. The molecule has 1 saturated heterocycles. The molecular weight excluding hydrogens is 482 g/mol.